The van der Waals surface area contributed by atoms with E-state index in [0.29, 0.717) is 6.04 Å². The fourth-order valence-electron chi connectivity index (χ4n) is 1.88. The third-order valence-corrected chi connectivity index (χ3v) is 2.84. The highest BCUT2D eigenvalue weighted by Crippen LogP contribution is 2.18. The van der Waals surface area contributed by atoms with Crippen molar-refractivity contribution in [3.05, 3.63) is 29.3 Å². The van der Waals surface area contributed by atoms with Crippen molar-refractivity contribution in [2.75, 3.05) is 7.11 Å². The molecular weight excluding hydrogens is 198 g/mol. The Labute approximate surface area is 99.0 Å². The zero-order chi connectivity index (χ0) is 12.0. The summed E-state index contributed by atoms with van der Waals surface area (Å²) in [6.45, 7) is 7.47. The molecule has 0 fully saturated rings. The maximum absolute atomic E-state index is 5.24. The highest BCUT2D eigenvalue weighted by molar-refractivity contribution is 5.36. The van der Waals surface area contributed by atoms with Crippen LogP contribution in [-0.4, -0.2) is 13.2 Å². The van der Waals surface area contributed by atoms with Crippen molar-refractivity contribution in [3.63, 3.8) is 0 Å². The highest BCUT2D eigenvalue weighted by atomic mass is 16.5. The summed E-state index contributed by atoms with van der Waals surface area (Å²) in [5.74, 6) is 0.963. The second-order valence-corrected chi connectivity index (χ2v) is 4.37. The molecule has 16 heavy (non-hydrogen) atoms. The van der Waals surface area contributed by atoms with Gasteiger partial charge in [-0.1, -0.05) is 25.5 Å². The summed E-state index contributed by atoms with van der Waals surface area (Å²) in [7, 11) is 1.71. The standard InChI is InChI=1S/C14H23NO/c1-5-6-12(3)15-10-13-7-8-14(16-4)11(2)9-13/h7-9,12,15H,5-6,10H2,1-4H3. The molecule has 0 aliphatic rings. The first-order valence-corrected chi connectivity index (χ1v) is 6.04. The molecule has 0 saturated carbocycles. The summed E-state index contributed by atoms with van der Waals surface area (Å²) in [5, 5.41) is 3.52. The lowest BCUT2D eigenvalue weighted by atomic mass is 10.1. The van der Waals surface area contributed by atoms with Gasteiger partial charge in [-0.3, -0.25) is 0 Å². The van der Waals surface area contributed by atoms with E-state index in [1.165, 1.54) is 24.0 Å². The maximum atomic E-state index is 5.24. The molecule has 0 spiro atoms. The Morgan fingerprint density at radius 2 is 2.12 bits per heavy atom. The Morgan fingerprint density at radius 1 is 1.38 bits per heavy atom. The summed E-state index contributed by atoms with van der Waals surface area (Å²) in [5.41, 5.74) is 2.52. The first kappa shape index (κ1) is 13.0. The van der Waals surface area contributed by atoms with Crippen LogP contribution in [0, 0.1) is 6.92 Å². The van der Waals surface area contributed by atoms with Crippen LogP contribution in [0.5, 0.6) is 5.75 Å². The number of hydrogen-bond donors (Lipinski definition) is 1. The van der Waals surface area contributed by atoms with E-state index in [-0.39, 0.29) is 0 Å². The number of hydrogen-bond acceptors (Lipinski definition) is 2. The predicted molar refractivity (Wildman–Crippen MR) is 68.9 cm³/mol. The normalized spacial score (nSPS) is 12.5. The lowest BCUT2D eigenvalue weighted by molar-refractivity contribution is 0.411. The first-order valence-electron chi connectivity index (χ1n) is 6.04. The molecule has 0 aliphatic carbocycles. The number of ether oxygens (including phenoxy) is 1. The molecule has 2 heteroatoms. The minimum absolute atomic E-state index is 0.590. The van der Waals surface area contributed by atoms with E-state index in [1.54, 1.807) is 7.11 Å². The molecule has 2 nitrogen and oxygen atoms in total. The zero-order valence-corrected chi connectivity index (χ0v) is 10.8. The van der Waals surface area contributed by atoms with E-state index in [0.717, 1.165) is 12.3 Å². The largest absolute Gasteiger partial charge is 0.496 e. The van der Waals surface area contributed by atoms with Crippen LogP contribution in [0.3, 0.4) is 0 Å². The molecule has 0 amide bonds. The van der Waals surface area contributed by atoms with Crippen molar-refractivity contribution < 1.29 is 4.74 Å². The Kier molecular flexibility index (Phi) is 5.33. The van der Waals surface area contributed by atoms with Crippen LogP contribution in [0.1, 0.15) is 37.8 Å². The smallest absolute Gasteiger partial charge is 0.121 e. The van der Waals surface area contributed by atoms with Gasteiger partial charge in [-0.25, -0.2) is 0 Å². The van der Waals surface area contributed by atoms with Crippen molar-refractivity contribution >= 4 is 0 Å². The van der Waals surface area contributed by atoms with Crippen molar-refractivity contribution in [1.82, 2.24) is 5.32 Å². The molecule has 1 atom stereocenters. The second kappa shape index (κ2) is 6.54. The average molecular weight is 221 g/mol. The molecule has 0 aromatic heterocycles. The number of benzene rings is 1. The molecular formula is C14H23NO. The van der Waals surface area contributed by atoms with E-state index in [1.807, 2.05) is 6.07 Å². The van der Waals surface area contributed by atoms with Crippen LogP contribution in [0.2, 0.25) is 0 Å². The topological polar surface area (TPSA) is 21.3 Å². The number of nitrogens with one attached hydrogen (secondary N) is 1. The molecule has 0 saturated heterocycles. The van der Waals surface area contributed by atoms with E-state index in [2.05, 4.69) is 38.2 Å². The van der Waals surface area contributed by atoms with Crippen molar-refractivity contribution in [1.29, 1.82) is 0 Å². The SMILES string of the molecule is CCCC(C)NCc1ccc(OC)c(C)c1. The van der Waals surface area contributed by atoms with Crippen LogP contribution >= 0.6 is 0 Å². The van der Waals surface area contributed by atoms with Gasteiger partial charge >= 0.3 is 0 Å². The Morgan fingerprint density at radius 3 is 2.69 bits per heavy atom. The third kappa shape index (κ3) is 3.86. The molecule has 0 heterocycles. The molecule has 1 unspecified atom stereocenters. The van der Waals surface area contributed by atoms with Gasteiger partial charge < -0.3 is 10.1 Å². The molecule has 90 valence electrons. The predicted octanol–water partition coefficient (Wildman–Crippen LogP) is 3.28. The van der Waals surface area contributed by atoms with Gasteiger partial charge in [0.2, 0.25) is 0 Å². The average Bonchev–Trinajstić information content (AvgIpc) is 2.27. The molecule has 0 radical (unpaired) electrons. The highest BCUT2D eigenvalue weighted by Gasteiger charge is 2.02. The molecule has 1 aromatic carbocycles. The zero-order valence-electron chi connectivity index (χ0n) is 10.8. The van der Waals surface area contributed by atoms with E-state index in [9.17, 15) is 0 Å². The van der Waals surface area contributed by atoms with Crippen LogP contribution in [0.4, 0.5) is 0 Å². The van der Waals surface area contributed by atoms with Crippen molar-refractivity contribution in [2.24, 2.45) is 0 Å². The molecule has 0 aliphatic heterocycles. The van der Waals surface area contributed by atoms with Crippen LogP contribution in [0.15, 0.2) is 18.2 Å². The summed E-state index contributed by atoms with van der Waals surface area (Å²) in [6.07, 6.45) is 2.46. The molecule has 0 bridgehead atoms. The van der Waals surface area contributed by atoms with Gasteiger partial charge in [0.05, 0.1) is 7.11 Å². The molecule has 1 N–H and O–H groups in total. The molecule has 1 aromatic rings. The second-order valence-electron chi connectivity index (χ2n) is 4.37. The van der Waals surface area contributed by atoms with Gasteiger partial charge in [0.15, 0.2) is 0 Å². The van der Waals surface area contributed by atoms with Gasteiger partial charge in [0.25, 0.3) is 0 Å². The summed E-state index contributed by atoms with van der Waals surface area (Å²) in [6, 6.07) is 6.94. The lowest BCUT2D eigenvalue weighted by Gasteiger charge is -2.13. The van der Waals surface area contributed by atoms with Gasteiger partial charge in [0, 0.05) is 12.6 Å². The van der Waals surface area contributed by atoms with E-state index < -0.39 is 0 Å². The number of rotatable bonds is 6. The fraction of sp³-hybridized carbons (Fsp3) is 0.571. The Bertz CT molecular complexity index is 323. The summed E-state index contributed by atoms with van der Waals surface area (Å²) < 4.78 is 5.24. The lowest BCUT2D eigenvalue weighted by Crippen LogP contribution is -2.25. The van der Waals surface area contributed by atoms with Gasteiger partial charge in [-0.05, 0) is 37.5 Å². The monoisotopic (exact) mass is 221 g/mol. The summed E-state index contributed by atoms with van der Waals surface area (Å²) >= 11 is 0. The van der Waals surface area contributed by atoms with Gasteiger partial charge in [-0.15, -0.1) is 0 Å². The van der Waals surface area contributed by atoms with Crippen LogP contribution in [0.25, 0.3) is 0 Å². The fourth-order valence-corrected chi connectivity index (χ4v) is 1.88. The minimum atomic E-state index is 0.590. The minimum Gasteiger partial charge on any atom is -0.496 e. The van der Waals surface area contributed by atoms with E-state index in [4.69, 9.17) is 4.74 Å². The molecule has 1 rings (SSSR count). The van der Waals surface area contributed by atoms with Crippen molar-refractivity contribution in [3.8, 4) is 5.75 Å². The Balaban J connectivity index is 2.51. The van der Waals surface area contributed by atoms with E-state index >= 15 is 0 Å². The number of aryl methyl sites for hydroxylation is 1. The van der Waals surface area contributed by atoms with Gasteiger partial charge in [0.1, 0.15) is 5.75 Å². The first-order chi connectivity index (χ1) is 7.67. The van der Waals surface area contributed by atoms with Crippen LogP contribution < -0.4 is 10.1 Å². The third-order valence-electron chi connectivity index (χ3n) is 2.84. The van der Waals surface area contributed by atoms with Gasteiger partial charge in [-0.2, -0.15) is 0 Å². The van der Waals surface area contributed by atoms with Crippen LogP contribution in [-0.2, 0) is 6.54 Å². The quantitative estimate of drug-likeness (QED) is 0.796. The number of methoxy groups -OCH3 is 1. The Hall–Kier alpha value is -1.02. The van der Waals surface area contributed by atoms with Crippen molar-refractivity contribution in [2.45, 2.75) is 46.2 Å². The summed E-state index contributed by atoms with van der Waals surface area (Å²) in [4.78, 5) is 0. The maximum Gasteiger partial charge on any atom is 0.121 e.